The molecule has 1 nitrogen and oxygen atoms in total. The molecule has 1 heterocycles. The van der Waals surface area contributed by atoms with Gasteiger partial charge in [0, 0.05) is 19.1 Å². The normalized spacial score (nSPS) is 39.0. The molecule has 0 unspecified atom stereocenters. The highest BCUT2D eigenvalue weighted by atomic mass is 15.2. The van der Waals surface area contributed by atoms with E-state index in [2.05, 4.69) is 13.8 Å². The summed E-state index contributed by atoms with van der Waals surface area (Å²) in [5.41, 5.74) is 0. The Labute approximate surface area is 58.0 Å². The van der Waals surface area contributed by atoms with Crippen LogP contribution in [0.4, 0.5) is 0 Å². The molecule has 1 heteroatoms. The maximum absolute atomic E-state index is 5.76. The third-order valence-electron chi connectivity index (χ3n) is 2.26. The van der Waals surface area contributed by atoms with Crippen LogP contribution < -0.4 is 0 Å². The van der Waals surface area contributed by atoms with Gasteiger partial charge in [-0.25, -0.2) is 0 Å². The molecule has 0 aromatic heterocycles. The Hall–Kier alpha value is -0.0400. The van der Waals surface area contributed by atoms with Crippen molar-refractivity contribution in [1.82, 2.24) is 4.90 Å². The Morgan fingerprint density at radius 1 is 1.22 bits per heavy atom. The summed E-state index contributed by atoms with van der Waals surface area (Å²) in [4.78, 5) is 1.98. The van der Waals surface area contributed by atoms with Crippen molar-refractivity contribution in [3.05, 3.63) is 7.05 Å². The molecule has 0 aromatic rings. The number of hydrogen-bond acceptors (Lipinski definition) is 1. The van der Waals surface area contributed by atoms with E-state index < -0.39 is 0 Å². The molecule has 1 aliphatic rings. The number of rotatable bonds is 0. The lowest BCUT2D eigenvalue weighted by molar-refractivity contribution is 0.160. The Bertz CT molecular complexity index is 80.6. The molecular formula is C8H15N. The van der Waals surface area contributed by atoms with Gasteiger partial charge in [-0.1, -0.05) is 6.42 Å². The van der Waals surface area contributed by atoms with Crippen LogP contribution in [0, 0.1) is 7.05 Å². The van der Waals surface area contributed by atoms with Crippen LogP contribution in [-0.2, 0) is 0 Å². The second-order valence-corrected chi connectivity index (χ2v) is 3.08. The lowest BCUT2D eigenvalue weighted by Gasteiger charge is -2.34. The van der Waals surface area contributed by atoms with Crippen molar-refractivity contribution in [3.8, 4) is 0 Å². The van der Waals surface area contributed by atoms with Gasteiger partial charge in [0.2, 0.25) is 0 Å². The first-order chi connectivity index (χ1) is 4.22. The second-order valence-electron chi connectivity index (χ2n) is 3.08. The molecule has 0 bridgehead atoms. The van der Waals surface area contributed by atoms with Gasteiger partial charge in [0.15, 0.2) is 0 Å². The quantitative estimate of drug-likeness (QED) is 0.478. The predicted molar refractivity (Wildman–Crippen MR) is 38.9 cm³/mol. The minimum Gasteiger partial charge on any atom is -0.292 e. The van der Waals surface area contributed by atoms with Crippen LogP contribution in [0.3, 0.4) is 0 Å². The van der Waals surface area contributed by atoms with E-state index in [1.807, 2.05) is 4.90 Å². The summed E-state index contributed by atoms with van der Waals surface area (Å²) in [6, 6.07) is 1.18. The zero-order chi connectivity index (χ0) is 6.85. The van der Waals surface area contributed by atoms with Crippen LogP contribution in [0.2, 0.25) is 0 Å². The standard InChI is InChI=1S/C8H15N/c1-7-5-4-6-8(2)9(7)3/h3,7-8H,4-6H2,1-2H3/t7-,8+. The number of nitrogens with zero attached hydrogens (tertiary/aromatic N) is 1. The summed E-state index contributed by atoms with van der Waals surface area (Å²) in [5, 5.41) is 0. The van der Waals surface area contributed by atoms with Crippen LogP contribution >= 0.6 is 0 Å². The highest BCUT2D eigenvalue weighted by Gasteiger charge is 2.20. The molecule has 0 aliphatic carbocycles. The molecule has 0 saturated carbocycles. The summed E-state index contributed by atoms with van der Waals surface area (Å²) in [6.45, 7) is 4.38. The Balaban J connectivity index is 2.41. The van der Waals surface area contributed by atoms with E-state index in [1.165, 1.54) is 19.3 Å². The SMILES string of the molecule is [CH]N1[C@H](C)CCC[C@@H]1C. The van der Waals surface area contributed by atoms with Gasteiger partial charge in [-0.2, -0.15) is 0 Å². The monoisotopic (exact) mass is 125 g/mol. The molecular weight excluding hydrogens is 110 g/mol. The molecule has 2 atom stereocenters. The maximum Gasteiger partial charge on any atom is 0.0444 e. The van der Waals surface area contributed by atoms with E-state index in [9.17, 15) is 0 Å². The number of piperidine rings is 1. The van der Waals surface area contributed by atoms with E-state index in [1.54, 1.807) is 0 Å². The lowest BCUT2D eigenvalue weighted by atomic mass is 9.99. The van der Waals surface area contributed by atoms with Crippen LogP contribution in [0.5, 0.6) is 0 Å². The third-order valence-corrected chi connectivity index (χ3v) is 2.26. The molecule has 1 rings (SSSR count). The fourth-order valence-corrected chi connectivity index (χ4v) is 1.44. The molecule has 1 fully saturated rings. The van der Waals surface area contributed by atoms with E-state index >= 15 is 0 Å². The molecule has 52 valence electrons. The van der Waals surface area contributed by atoms with Crippen LogP contribution in [0.25, 0.3) is 0 Å². The molecule has 9 heavy (non-hydrogen) atoms. The second kappa shape index (κ2) is 2.70. The lowest BCUT2D eigenvalue weighted by Crippen LogP contribution is -2.38. The molecule has 0 amide bonds. The van der Waals surface area contributed by atoms with Gasteiger partial charge in [0.25, 0.3) is 0 Å². The molecule has 2 radical (unpaired) electrons. The summed E-state index contributed by atoms with van der Waals surface area (Å²) in [5.74, 6) is 0. The number of likely N-dealkylation sites (tertiary alicyclic amines) is 1. The first kappa shape index (κ1) is 7.07. The highest BCUT2D eigenvalue weighted by Crippen LogP contribution is 2.20. The van der Waals surface area contributed by atoms with Crippen LogP contribution in [-0.4, -0.2) is 17.0 Å². The highest BCUT2D eigenvalue weighted by molar-refractivity contribution is 4.78. The van der Waals surface area contributed by atoms with Crippen molar-refractivity contribution in [1.29, 1.82) is 0 Å². The Morgan fingerprint density at radius 3 is 2.00 bits per heavy atom. The topological polar surface area (TPSA) is 3.24 Å². The Morgan fingerprint density at radius 2 is 1.67 bits per heavy atom. The third kappa shape index (κ3) is 1.45. The van der Waals surface area contributed by atoms with Gasteiger partial charge >= 0.3 is 0 Å². The fourth-order valence-electron chi connectivity index (χ4n) is 1.44. The summed E-state index contributed by atoms with van der Waals surface area (Å²) < 4.78 is 0. The smallest absolute Gasteiger partial charge is 0.0444 e. The van der Waals surface area contributed by atoms with Crippen molar-refractivity contribution in [3.63, 3.8) is 0 Å². The molecule has 0 N–H and O–H groups in total. The van der Waals surface area contributed by atoms with E-state index in [0.717, 1.165) is 0 Å². The minimum absolute atomic E-state index is 0.591. The van der Waals surface area contributed by atoms with Crippen molar-refractivity contribution in [2.24, 2.45) is 0 Å². The van der Waals surface area contributed by atoms with Crippen molar-refractivity contribution in [2.45, 2.75) is 45.2 Å². The van der Waals surface area contributed by atoms with Gasteiger partial charge in [-0.05, 0) is 26.7 Å². The molecule has 1 aliphatic heterocycles. The van der Waals surface area contributed by atoms with Crippen LogP contribution in [0.1, 0.15) is 33.1 Å². The first-order valence-electron chi connectivity index (χ1n) is 3.75. The number of hydrogen-bond donors (Lipinski definition) is 0. The van der Waals surface area contributed by atoms with E-state index in [4.69, 9.17) is 7.05 Å². The first-order valence-corrected chi connectivity index (χ1v) is 3.75. The predicted octanol–water partition coefficient (Wildman–Crippen LogP) is 1.92. The zero-order valence-electron chi connectivity index (χ0n) is 6.30. The largest absolute Gasteiger partial charge is 0.292 e. The minimum atomic E-state index is 0.591. The molecule has 0 spiro atoms. The van der Waals surface area contributed by atoms with E-state index in [-0.39, 0.29) is 0 Å². The van der Waals surface area contributed by atoms with Crippen molar-refractivity contribution < 1.29 is 0 Å². The van der Waals surface area contributed by atoms with Crippen LogP contribution in [0.15, 0.2) is 0 Å². The maximum atomic E-state index is 5.76. The Kier molecular flexibility index (Phi) is 2.12. The van der Waals surface area contributed by atoms with Gasteiger partial charge < -0.3 is 0 Å². The molecule has 1 saturated heterocycles. The van der Waals surface area contributed by atoms with E-state index in [0.29, 0.717) is 12.1 Å². The van der Waals surface area contributed by atoms with Gasteiger partial charge in [-0.15, -0.1) is 0 Å². The van der Waals surface area contributed by atoms with Gasteiger partial charge in [-0.3, -0.25) is 4.90 Å². The average molecular weight is 125 g/mol. The van der Waals surface area contributed by atoms with Gasteiger partial charge in [0.05, 0.1) is 0 Å². The summed E-state index contributed by atoms with van der Waals surface area (Å²) >= 11 is 0. The fraction of sp³-hybridized carbons (Fsp3) is 0.875. The van der Waals surface area contributed by atoms with Crippen molar-refractivity contribution >= 4 is 0 Å². The average Bonchev–Trinajstić information content (AvgIpc) is 1.83. The summed E-state index contributed by atoms with van der Waals surface area (Å²) in [6.07, 6.45) is 3.87. The van der Waals surface area contributed by atoms with Gasteiger partial charge in [0.1, 0.15) is 0 Å². The zero-order valence-corrected chi connectivity index (χ0v) is 6.30. The van der Waals surface area contributed by atoms with Crippen molar-refractivity contribution in [2.75, 3.05) is 0 Å². The summed E-state index contributed by atoms with van der Waals surface area (Å²) in [7, 11) is 5.76. The molecule has 0 aromatic carbocycles.